The van der Waals surface area contributed by atoms with E-state index in [1.807, 2.05) is 0 Å². The Morgan fingerprint density at radius 3 is 1.07 bits per heavy atom. The molecule has 0 aliphatic heterocycles. The van der Waals surface area contributed by atoms with Gasteiger partial charge in [-0.25, -0.2) is 0 Å². The highest BCUT2D eigenvalue weighted by molar-refractivity contribution is 5.70. The number of halogens is 17. The van der Waals surface area contributed by atoms with Crippen LogP contribution in [0.2, 0.25) is 0 Å². The van der Waals surface area contributed by atoms with Gasteiger partial charge in [0.1, 0.15) is 6.42 Å². The molecular weight excluding hydrogens is 487 g/mol. The molecule has 0 amide bonds. The highest BCUT2D eigenvalue weighted by Gasteiger charge is 2.95. The molecule has 180 valence electrons. The lowest BCUT2D eigenvalue weighted by Crippen LogP contribution is -2.74. The fourth-order valence-corrected chi connectivity index (χ4v) is 1.56. The molecule has 2 nitrogen and oxygen atoms in total. The summed E-state index contributed by atoms with van der Waals surface area (Å²) in [6.07, 6.45) is -11.0. The second kappa shape index (κ2) is 7.16. The number of carbonyl (C=O) groups is 1. The summed E-state index contributed by atoms with van der Waals surface area (Å²) in [5.41, 5.74) is 0. The molecule has 30 heavy (non-hydrogen) atoms. The lowest BCUT2D eigenvalue weighted by atomic mass is 9.88. The molecule has 0 unspecified atom stereocenters. The summed E-state index contributed by atoms with van der Waals surface area (Å²) in [7, 11) is 0.164. The number of alkyl halides is 17. The fraction of sp³-hybridized carbons (Fsp3) is 0.909. The van der Waals surface area contributed by atoms with Crippen molar-refractivity contribution in [1.29, 1.82) is 0 Å². The Morgan fingerprint density at radius 2 is 0.800 bits per heavy atom. The number of carbonyl (C=O) groups excluding carboxylic acids is 1. The maximum atomic E-state index is 13.3. The number of hydrogen-bond donors (Lipinski definition) is 0. The Morgan fingerprint density at radius 1 is 0.533 bits per heavy atom. The monoisotopic (exact) mass is 492 g/mol. The molecular formula is C11H5F17O2. The quantitative estimate of drug-likeness (QED) is 0.328. The molecule has 0 spiro atoms. The summed E-state index contributed by atoms with van der Waals surface area (Å²) >= 11 is 0. The van der Waals surface area contributed by atoms with Crippen molar-refractivity contribution >= 4 is 5.97 Å². The number of hydrogen-bond acceptors (Lipinski definition) is 2. The molecule has 0 saturated carbocycles. The molecule has 0 aliphatic rings. The molecule has 0 N–H and O–H groups in total. The Hall–Kier alpha value is -1.72. The van der Waals surface area contributed by atoms with Gasteiger partial charge < -0.3 is 4.74 Å². The minimum Gasteiger partial charge on any atom is -0.469 e. The molecule has 0 atom stereocenters. The van der Waals surface area contributed by atoms with E-state index in [-0.39, 0.29) is 7.11 Å². The zero-order valence-corrected chi connectivity index (χ0v) is 13.4. The van der Waals surface area contributed by atoms with Crippen LogP contribution in [-0.2, 0) is 9.53 Å². The smallest absolute Gasteiger partial charge is 0.460 e. The largest absolute Gasteiger partial charge is 0.469 e. The highest BCUT2D eigenvalue weighted by atomic mass is 19.4. The van der Waals surface area contributed by atoms with Crippen LogP contribution in [0, 0.1) is 0 Å². The van der Waals surface area contributed by atoms with E-state index in [0.717, 1.165) is 0 Å². The van der Waals surface area contributed by atoms with Gasteiger partial charge in [-0.1, -0.05) is 0 Å². The average Bonchev–Trinajstić information content (AvgIpc) is 2.51. The molecule has 0 aromatic heterocycles. The van der Waals surface area contributed by atoms with Crippen LogP contribution in [0.1, 0.15) is 6.42 Å². The second-order valence-electron chi connectivity index (χ2n) is 5.40. The van der Waals surface area contributed by atoms with Crippen molar-refractivity contribution in [3.8, 4) is 0 Å². The first-order valence-electron chi connectivity index (χ1n) is 6.49. The zero-order chi connectivity index (χ0) is 25.0. The summed E-state index contributed by atoms with van der Waals surface area (Å²) < 4.78 is 222. The third kappa shape index (κ3) is 3.60. The van der Waals surface area contributed by atoms with Crippen molar-refractivity contribution < 1.29 is 84.2 Å². The molecule has 0 bridgehead atoms. The van der Waals surface area contributed by atoms with Crippen molar-refractivity contribution in [2.75, 3.05) is 7.11 Å². The van der Waals surface area contributed by atoms with Crippen LogP contribution < -0.4 is 0 Å². The SMILES string of the molecule is COC(=O)CC(F)(F)C(F)(F)C(F)(F)C(F)(F)C(F)(F)C(F)(F)C(F)(F)C(F)(F)F. The van der Waals surface area contributed by atoms with E-state index in [4.69, 9.17) is 0 Å². The van der Waals surface area contributed by atoms with Gasteiger partial charge in [0.25, 0.3) is 0 Å². The predicted octanol–water partition coefficient (Wildman–Crippen LogP) is 5.56. The first-order chi connectivity index (χ1) is 12.7. The van der Waals surface area contributed by atoms with Gasteiger partial charge in [0.05, 0.1) is 7.11 Å². The van der Waals surface area contributed by atoms with Crippen molar-refractivity contribution in [3.63, 3.8) is 0 Å². The van der Waals surface area contributed by atoms with Crippen LogP contribution in [0.15, 0.2) is 0 Å². The number of rotatable bonds is 8. The van der Waals surface area contributed by atoms with Crippen molar-refractivity contribution in [1.82, 2.24) is 0 Å². The summed E-state index contributed by atoms with van der Waals surface area (Å²) in [4.78, 5) is 10.5. The Balaban J connectivity index is 6.66. The van der Waals surface area contributed by atoms with E-state index in [1.165, 1.54) is 0 Å². The van der Waals surface area contributed by atoms with E-state index in [2.05, 4.69) is 4.74 Å². The molecule has 0 aromatic rings. The van der Waals surface area contributed by atoms with Gasteiger partial charge in [0.2, 0.25) is 0 Å². The molecule has 0 heterocycles. The first kappa shape index (κ1) is 28.3. The summed E-state index contributed by atoms with van der Waals surface area (Å²) in [5, 5.41) is 0. The van der Waals surface area contributed by atoms with E-state index in [1.54, 1.807) is 0 Å². The lowest BCUT2D eigenvalue weighted by molar-refractivity contribution is -0.461. The highest BCUT2D eigenvalue weighted by Crippen LogP contribution is 2.64. The Kier molecular flexibility index (Phi) is 6.75. The van der Waals surface area contributed by atoms with Gasteiger partial charge in [-0.3, -0.25) is 4.79 Å². The summed E-state index contributed by atoms with van der Waals surface area (Å²) in [5.74, 6) is -59.7. The van der Waals surface area contributed by atoms with Gasteiger partial charge in [-0.2, -0.15) is 74.6 Å². The van der Waals surface area contributed by atoms with Gasteiger partial charge in [-0.15, -0.1) is 0 Å². The lowest BCUT2D eigenvalue weighted by Gasteiger charge is -2.42. The molecule has 0 radical (unpaired) electrons. The standard InChI is InChI=1S/C11H5F17O2/c1-30-3(29)2-4(12,13)5(14,15)6(16,17)7(18,19)8(20,21)9(22,23)10(24,25)11(26,27)28/h2H2,1H3. The van der Waals surface area contributed by atoms with Crippen LogP contribution in [0.5, 0.6) is 0 Å². The molecule has 0 saturated heterocycles. The maximum Gasteiger partial charge on any atom is 0.460 e. The van der Waals surface area contributed by atoms with Crippen molar-refractivity contribution in [2.45, 2.75) is 54.1 Å². The minimum absolute atomic E-state index is 0.164. The Bertz CT molecular complexity index is 647. The van der Waals surface area contributed by atoms with E-state index < -0.39 is 60.0 Å². The molecule has 0 fully saturated rings. The fourth-order valence-electron chi connectivity index (χ4n) is 1.56. The number of esters is 1. The molecule has 19 heteroatoms. The third-order valence-electron chi connectivity index (χ3n) is 3.38. The Labute approximate surface area is 152 Å². The van der Waals surface area contributed by atoms with Crippen LogP contribution in [0.25, 0.3) is 0 Å². The van der Waals surface area contributed by atoms with E-state index >= 15 is 0 Å². The average molecular weight is 492 g/mol. The number of methoxy groups -OCH3 is 1. The summed E-state index contributed by atoms with van der Waals surface area (Å²) in [6, 6.07) is 0. The van der Waals surface area contributed by atoms with Crippen LogP contribution in [0.3, 0.4) is 0 Å². The summed E-state index contributed by atoms with van der Waals surface area (Å²) in [6.45, 7) is 0. The van der Waals surface area contributed by atoms with Gasteiger partial charge in [0, 0.05) is 0 Å². The number of ether oxygens (including phenoxy) is 1. The van der Waals surface area contributed by atoms with Gasteiger partial charge >= 0.3 is 53.6 Å². The van der Waals surface area contributed by atoms with Crippen LogP contribution in [-0.4, -0.2) is 60.7 Å². The van der Waals surface area contributed by atoms with Gasteiger partial charge in [0.15, 0.2) is 0 Å². The third-order valence-corrected chi connectivity index (χ3v) is 3.38. The zero-order valence-electron chi connectivity index (χ0n) is 13.4. The topological polar surface area (TPSA) is 26.3 Å². The van der Waals surface area contributed by atoms with Crippen molar-refractivity contribution in [3.05, 3.63) is 0 Å². The second-order valence-corrected chi connectivity index (χ2v) is 5.40. The van der Waals surface area contributed by atoms with Gasteiger partial charge in [-0.05, 0) is 0 Å². The molecule has 0 rings (SSSR count). The van der Waals surface area contributed by atoms with E-state index in [0.29, 0.717) is 0 Å². The molecule has 0 aromatic carbocycles. The van der Waals surface area contributed by atoms with Crippen LogP contribution in [0.4, 0.5) is 74.6 Å². The normalized spacial score (nSPS) is 15.9. The van der Waals surface area contributed by atoms with E-state index in [9.17, 15) is 79.4 Å². The molecule has 0 aliphatic carbocycles. The predicted molar refractivity (Wildman–Crippen MR) is 57.3 cm³/mol. The van der Waals surface area contributed by atoms with Crippen LogP contribution >= 0.6 is 0 Å². The van der Waals surface area contributed by atoms with Crippen molar-refractivity contribution in [2.24, 2.45) is 0 Å². The first-order valence-corrected chi connectivity index (χ1v) is 6.49. The minimum atomic E-state index is -8.69. The maximum absolute atomic E-state index is 13.3.